The number of nitrogens with zero attached hydrogens (tertiary/aromatic N) is 4. The summed E-state index contributed by atoms with van der Waals surface area (Å²) in [5.41, 5.74) is 10.5. The van der Waals surface area contributed by atoms with Crippen LogP contribution in [0.2, 0.25) is 0 Å². The molecule has 2 aromatic carbocycles. The SMILES string of the molecule is Cc1cc(/C=C2/Sc3ccccc3N2C)cc(C)[n+]1CCCCCC[n+]1c(C)cc(/C=C2/Sc3ccccc3N2C)cc1C. The van der Waals surface area contributed by atoms with Gasteiger partial charge in [0, 0.05) is 88.7 Å². The summed E-state index contributed by atoms with van der Waals surface area (Å²) >= 11 is 3.71. The molecule has 0 atom stereocenters. The minimum absolute atomic E-state index is 1.08. The lowest BCUT2D eigenvalue weighted by Crippen LogP contribution is -2.41. The summed E-state index contributed by atoms with van der Waals surface area (Å²) in [6, 6.07) is 26.6. The molecule has 4 nitrogen and oxygen atoms in total. The first kappa shape index (κ1) is 30.5. The van der Waals surface area contributed by atoms with Gasteiger partial charge in [0.1, 0.15) is 13.1 Å². The van der Waals surface area contributed by atoms with Gasteiger partial charge in [0.05, 0.1) is 21.4 Å². The molecule has 0 spiro atoms. The largest absolute Gasteiger partial charge is 0.338 e. The zero-order valence-electron chi connectivity index (χ0n) is 26.9. The van der Waals surface area contributed by atoms with Crippen molar-refractivity contribution in [3.8, 4) is 0 Å². The summed E-state index contributed by atoms with van der Waals surface area (Å²) in [7, 11) is 4.33. The van der Waals surface area contributed by atoms with Crippen molar-refractivity contribution in [3.63, 3.8) is 0 Å². The van der Waals surface area contributed by atoms with Crippen LogP contribution in [0, 0.1) is 27.7 Å². The molecule has 4 aromatic rings. The molecule has 0 N–H and O–H groups in total. The number of hydrogen-bond acceptors (Lipinski definition) is 4. The molecule has 6 heteroatoms. The molecule has 44 heavy (non-hydrogen) atoms. The maximum absolute atomic E-state index is 2.48. The number of anilines is 2. The van der Waals surface area contributed by atoms with Gasteiger partial charge in [-0.05, 0) is 60.4 Å². The third-order valence-corrected chi connectivity index (χ3v) is 11.2. The molecule has 2 aromatic heterocycles. The van der Waals surface area contributed by atoms with E-state index < -0.39 is 0 Å². The van der Waals surface area contributed by atoms with Crippen molar-refractivity contribution in [2.75, 3.05) is 23.9 Å². The van der Waals surface area contributed by atoms with E-state index in [1.54, 1.807) is 0 Å². The number of benzene rings is 2. The fraction of sp³-hybridized carbons (Fsp3) is 0.316. The van der Waals surface area contributed by atoms with Crippen LogP contribution in [0.25, 0.3) is 12.2 Å². The molecule has 0 saturated carbocycles. The summed E-state index contributed by atoms with van der Waals surface area (Å²) in [4.78, 5) is 7.26. The third-order valence-electron chi connectivity index (χ3n) is 8.84. The van der Waals surface area contributed by atoms with Gasteiger partial charge in [-0.3, -0.25) is 0 Å². The fourth-order valence-corrected chi connectivity index (χ4v) is 8.68. The Balaban J connectivity index is 0.996. The minimum Gasteiger partial charge on any atom is -0.338 e. The smallest absolute Gasteiger partial charge is 0.179 e. The number of pyridine rings is 2. The highest BCUT2D eigenvalue weighted by molar-refractivity contribution is 8.04. The summed E-state index contributed by atoms with van der Waals surface area (Å²) < 4.78 is 4.97. The molecular formula is C38H44N4S2+2. The van der Waals surface area contributed by atoms with Crippen molar-refractivity contribution in [2.24, 2.45) is 0 Å². The first-order valence-electron chi connectivity index (χ1n) is 15.8. The third kappa shape index (κ3) is 6.47. The lowest BCUT2D eigenvalue weighted by atomic mass is 10.1. The second-order valence-corrected chi connectivity index (χ2v) is 14.2. The number of para-hydroxylation sites is 2. The van der Waals surface area contributed by atoms with Gasteiger partial charge in [0.2, 0.25) is 0 Å². The predicted octanol–water partition coefficient (Wildman–Crippen LogP) is 8.84. The average molecular weight is 621 g/mol. The maximum Gasteiger partial charge on any atom is 0.179 e. The van der Waals surface area contributed by atoms with E-state index in [2.05, 4.69) is 146 Å². The van der Waals surface area contributed by atoms with Crippen molar-refractivity contribution in [1.82, 2.24) is 0 Å². The molecule has 4 heterocycles. The standard InChI is InChI=1S/C38H44N4S2/c1-27-21-31(25-37-39(5)33-15-9-11-17-35(33)43-37)22-28(2)41(27)19-13-7-8-14-20-42-29(3)23-32(24-30(42)4)26-38-40(6)34-16-10-12-18-36(34)44-38/h9-12,15-18,21-26H,7-8,13-14,19-20H2,1-6H3/q+2. The number of hydrogen-bond donors (Lipinski definition) is 0. The Labute approximate surface area is 272 Å². The summed E-state index contributed by atoms with van der Waals surface area (Å²) in [6.45, 7) is 11.2. The van der Waals surface area contributed by atoms with Crippen LogP contribution in [0.5, 0.6) is 0 Å². The van der Waals surface area contributed by atoms with Crippen molar-refractivity contribution in [1.29, 1.82) is 0 Å². The Kier molecular flexibility index (Phi) is 9.20. The monoisotopic (exact) mass is 620 g/mol. The second-order valence-electron chi connectivity index (χ2n) is 12.1. The number of unbranched alkanes of at least 4 members (excludes halogenated alkanes) is 3. The Morgan fingerprint density at radius 2 is 0.909 bits per heavy atom. The number of thioether (sulfide) groups is 2. The number of fused-ring (bicyclic) bond motifs is 2. The van der Waals surface area contributed by atoms with Gasteiger partial charge < -0.3 is 9.80 Å². The first-order valence-corrected chi connectivity index (χ1v) is 17.4. The van der Waals surface area contributed by atoms with Crippen molar-refractivity contribution >= 4 is 47.1 Å². The van der Waals surface area contributed by atoms with E-state index in [1.165, 1.54) is 90.8 Å². The summed E-state index contributed by atoms with van der Waals surface area (Å²) in [5.74, 6) is 0. The molecular weight excluding hydrogens is 577 g/mol. The number of aryl methyl sites for hydroxylation is 4. The lowest BCUT2D eigenvalue weighted by molar-refractivity contribution is -0.710. The van der Waals surface area contributed by atoms with Gasteiger partial charge in [0.15, 0.2) is 22.8 Å². The highest BCUT2D eigenvalue weighted by Crippen LogP contribution is 2.46. The van der Waals surface area contributed by atoms with Crippen LogP contribution in [0.3, 0.4) is 0 Å². The molecule has 0 aliphatic carbocycles. The van der Waals surface area contributed by atoms with E-state index in [9.17, 15) is 0 Å². The highest BCUT2D eigenvalue weighted by Gasteiger charge is 2.23. The molecule has 0 amide bonds. The van der Waals surface area contributed by atoms with E-state index in [0.717, 1.165) is 13.1 Å². The molecule has 0 unspecified atom stereocenters. The van der Waals surface area contributed by atoms with Gasteiger partial charge >= 0.3 is 0 Å². The van der Waals surface area contributed by atoms with Gasteiger partial charge in [-0.2, -0.15) is 0 Å². The zero-order chi connectivity index (χ0) is 30.8. The summed E-state index contributed by atoms with van der Waals surface area (Å²) in [6.07, 6.45) is 9.58. The van der Waals surface area contributed by atoms with Crippen LogP contribution in [-0.4, -0.2) is 14.1 Å². The van der Waals surface area contributed by atoms with Crippen LogP contribution in [0.15, 0.2) is 92.6 Å². The first-order chi connectivity index (χ1) is 21.3. The van der Waals surface area contributed by atoms with Crippen LogP contribution in [-0.2, 0) is 13.1 Å². The molecule has 0 radical (unpaired) electrons. The Morgan fingerprint density at radius 3 is 1.27 bits per heavy atom. The fourth-order valence-electron chi connectivity index (χ4n) is 6.46. The molecule has 6 rings (SSSR count). The van der Waals surface area contributed by atoms with Crippen molar-refractivity contribution in [3.05, 3.63) is 117 Å². The molecule has 0 fully saturated rings. The van der Waals surface area contributed by atoms with E-state index in [0.29, 0.717) is 0 Å². The average Bonchev–Trinajstić information content (AvgIpc) is 3.48. The Hall–Kier alpha value is -3.48. The van der Waals surface area contributed by atoms with Gasteiger partial charge in [-0.25, -0.2) is 9.13 Å². The van der Waals surface area contributed by atoms with Crippen molar-refractivity contribution < 1.29 is 9.13 Å². The van der Waals surface area contributed by atoms with Gasteiger partial charge in [-0.15, -0.1) is 0 Å². The van der Waals surface area contributed by atoms with Crippen LogP contribution < -0.4 is 18.9 Å². The zero-order valence-corrected chi connectivity index (χ0v) is 28.6. The normalized spacial score (nSPS) is 15.9. The highest BCUT2D eigenvalue weighted by atomic mass is 32.2. The predicted molar refractivity (Wildman–Crippen MR) is 188 cm³/mol. The van der Waals surface area contributed by atoms with Crippen LogP contribution >= 0.6 is 23.5 Å². The van der Waals surface area contributed by atoms with Crippen LogP contribution in [0.4, 0.5) is 11.4 Å². The van der Waals surface area contributed by atoms with Crippen molar-refractivity contribution in [2.45, 2.75) is 76.3 Å². The van der Waals surface area contributed by atoms with E-state index in [-0.39, 0.29) is 0 Å². The number of rotatable bonds is 9. The van der Waals surface area contributed by atoms with E-state index in [4.69, 9.17) is 0 Å². The second kappa shape index (κ2) is 13.3. The summed E-state index contributed by atoms with van der Waals surface area (Å²) in [5, 5.41) is 2.56. The van der Waals surface area contributed by atoms with Gasteiger partial charge in [0.25, 0.3) is 0 Å². The quantitative estimate of drug-likeness (QED) is 0.137. The Bertz CT molecular complexity index is 1580. The molecule has 0 bridgehead atoms. The minimum atomic E-state index is 1.08. The van der Waals surface area contributed by atoms with Gasteiger partial charge in [-0.1, -0.05) is 47.8 Å². The number of aromatic nitrogens is 2. The Morgan fingerprint density at radius 1 is 0.545 bits per heavy atom. The molecule has 2 aliphatic rings. The van der Waals surface area contributed by atoms with Crippen LogP contribution in [0.1, 0.15) is 59.6 Å². The molecule has 226 valence electrons. The van der Waals surface area contributed by atoms with E-state index >= 15 is 0 Å². The van der Waals surface area contributed by atoms with E-state index in [1.807, 2.05) is 23.5 Å². The lowest BCUT2D eigenvalue weighted by Gasteiger charge is -2.13. The maximum atomic E-state index is 2.48. The molecule has 2 aliphatic heterocycles. The molecule has 0 saturated heterocycles. The topological polar surface area (TPSA) is 14.2 Å².